The number of aryl methyl sites for hydroxylation is 1. The van der Waals surface area contributed by atoms with Crippen LogP contribution in [0.1, 0.15) is 30.2 Å². The van der Waals surface area contributed by atoms with Gasteiger partial charge in [0.1, 0.15) is 11.8 Å². The molecule has 0 aliphatic carbocycles. The molecule has 0 saturated carbocycles. The average Bonchev–Trinajstić information content (AvgIpc) is 2.86. The molecule has 0 aromatic carbocycles. The fourth-order valence-corrected chi connectivity index (χ4v) is 2.14. The summed E-state index contributed by atoms with van der Waals surface area (Å²) in [5.74, 6) is 0. The summed E-state index contributed by atoms with van der Waals surface area (Å²) in [5, 5.41) is 0. The van der Waals surface area contributed by atoms with Crippen LogP contribution in [0.4, 0.5) is 0 Å². The van der Waals surface area contributed by atoms with E-state index in [0.29, 0.717) is 0 Å². The van der Waals surface area contributed by atoms with Gasteiger partial charge >= 0.3 is 0 Å². The van der Waals surface area contributed by atoms with Crippen molar-refractivity contribution >= 4 is 5.65 Å². The first-order valence-electron chi connectivity index (χ1n) is 5.40. The number of ether oxygens (including phenoxy) is 1. The van der Waals surface area contributed by atoms with Gasteiger partial charge in [-0.05, 0) is 31.4 Å². The Hall–Kier alpha value is -1.35. The number of rotatable bonds is 1. The number of aromatic nitrogens is 2. The number of hydrogen-bond acceptors (Lipinski definition) is 2. The minimum Gasteiger partial charge on any atom is -0.372 e. The molecule has 1 saturated heterocycles. The highest BCUT2D eigenvalue weighted by atomic mass is 16.5. The summed E-state index contributed by atoms with van der Waals surface area (Å²) in [5.41, 5.74) is 3.33. The van der Waals surface area contributed by atoms with Crippen LogP contribution in [0, 0.1) is 6.92 Å². The van der Waals surface area contributed by atoms with Gasteiger partial charge < -0.3 is 9.14 Å². The van der Waals surface area contributed by atoms with Gasteiger partial charge in [-0.25, -0.2) is 4.98 Å². The fraction of sp³-hybridized carbons (Fsp3) is 0.417. The molecular formula is C12H14N2O. The maximum atomic E-state index is 5.63. The minimum atomic E-state index is 0.212. The monoisotopic (exact) mass is 202 g/mol. The van der Waals surface area contributed by atoms with Crippen molar-refractivity contribution in [3.05, 3.63) is 35.8 Å². The van der Waals surface area contributed by atoms with E-state index in [1.54, 1.807) is 0 Å². The van der Waals surface area contributed by atoms with Gasteiger partial charge in [0, 0.05) is 19.0 Å². The van der Waals surface area contributed by atoms with Crippen molar-refractivity contribution in [1.29, 1.82) is 0 Å². The SMILES string of the molecule is Cc1cccn2cc(C3CCCO3)nc12. The third kappa shape index (κ3) is 1.43. The highest BCUT2D eigenvalue weighted by molar-refractivity contribution is 5.48. The highest BCUT2D eigenvalue weighted by Gasteiger charge is 2.20. The van der Waals surface area contributed by atoms with Crippen LogP contribution in [0.3, 0.4) is 0 Å². The second-order valence-electron chi connectivity index (χ2n) is 4.09. The Kier molecular flexibility index (Phi) is 1.99. The molecule has 0 amide bonds. The lowest BCUT2D eigenvalue weighted by atomic mass is 10.2. The standard InChI is InChI=1S/C12H14N2O/c1-9-4-2-6-14-8-10(13-12(9)14)11-5-3-7-15-11/h2,4,6,8,11H,3,5,7H2,1H3. The molecule has 1 unspecified atom stereocenters. The van der Waals surface area contributed by atoms with Gasteiger partial charge in [-0.2, -0.15) is 0 Å². The summed E-state index contributed by atoms with van der Waals surface area (Å²) in [6.45, 7) is 2.96. The molecule has 3 heteroatoms. The normalized spacial score (nSPS) is 21.3. The summed E-state index contributed by atoms with van der Waals surface area (Å²) >= 11 is 0. The largest absolute Gasteiger partial charge is 0.372 e. The summed E-state index contributed by atoms with van der Waals surface area (Å²) in [7, 11) is 0. The number of nitrogens with zero attached hydrogens (tertiary/aromatic N) is 2. The van der Waals surface area contributed by atoms with Crippen molar-refractivity contribution in [2.24, 2.45) is 0 Å². The molecule has 0 N–H and O–H groups in total. The number of imidazole rings is 1. The molecular weight excluding hydrogens is 188 g/mol. The van der Waals surface area contributed by atoms with Crippen molar-refractivity contribution in [2.75, 3.05) is 6.61 Å². The lowest BCUT2D eigenvalue weighted by Gasteiger charge is -2.03. The third-order valence-corrected chi connectivity index (χ3v) is 2.96. The first-order chi connectivity index (χ1) is 7.34. The molecule has 1 aliphatic heterocycles. The second-order valence-corrected chi connectivity index (χ2v) is 4.09. The maximum absolute atomic E-state index is 5.63. The summed E-state index contributed by atoms with van der Waals surface area (Å²) in [6, 6.07) is 4.13. The van der Waals surface area contributed by atoms with Gasteiger partial charge in [-0.15, -0.1) is 0 Å². The van der Waals surface area contributed by atoms with E-state index in [2.05, 4.69) is 28.6 Å². The van der Waals surface area contributed by atoms with Crippen molar-refractivity contribution in [3.8, 4) is 0 Å². The Morgan fingerprint density at radius 1 is 1.53 bits per heavy atom. The quantitative estimate of drug-likeness (QED) is 0.710. The molecule has 0 radical (unpaired) electrons. The molecule has 1 atom stereocenters. The Morgan fingerprint density at radius 2 is 2.47 bits per heavy atom. The Labute approximate surface area is 88.7 Å². The van der Waals surface area contributed by atoms with Crippen molar-refractivity contribution < 1.29 is 4.74 Å². The zero-order valence-corrected chi connectivity index (χ0v) is 8.81. The molecule has 1 aliphatic rings. The van der Waals surface area contributed by atoms with Crippen LogP contribution in [-0.4, -0.2) is 16.0 Å². The number of hydrogen-bond donors (Lipinski definition) is 0. The molecule has 2 aromatic heterocycles. The Balaban J connectivity index is 2.09. The molecule has 1 fully saturated rings. The summed E-state index contributed by atoms with van der Waals surface area (Å²) in [4.78, 5) is 4.63. The van der Waals surface area contributed by atoms with E-state index >= 15 is 0 Å². The van der Waals surface area contributed by atoms with E-state index in [0.717, 1.165) is 30.8 Å². The summed E-state index contributed by atoms with van der Waals surface area (Å²) < 4.78 is 7.71. The van der Waals surface area contributed by atoms with E-state index in [4.69, 9.17) is 4.74 Å². The van der Waals surface area contributed by atoms with E-state index in [1.807, 2.05) is 12.3 Å². The molecule has 15 heavy (non-hydrogen) atoms. The first-order valence-corrected chi connectivity index (χ1v) is 5.40. The predicted molar refractivity (Wildman–Crippen MR) is 57.9 cm³/mol. The maximum Gasteiger partial charge on any atom is 0.140 e. The zero-order chi connectivity index (χ0) is 10.3. The smallest absolute Gasteiger partial charge is 0.140 e. The van der Waals surface area contributed by atoms with Crippen molar-refractivity contribution in [3.63, 3.8) is 0 Å². The number of pyridine rings is 1. The van der Waals surface area contributed by atoms with Crippen LogP contribution < -0.4 is 0 Å². The van der Waals surface area contributed by atoms with E-state index < -0.39 is 0 Å². The first kappa shape index (κ1) is 8.92. The van der Waals surface area contributed by atoms with Gasteiger partial charge in [-0.3, -0.25) is 0 Å². The minimum absolute atomic E-state index is 0.212. The lowest BCUT2D eigenvalue weighted by Crippen LogP contribution is -1.95. The second kappa shape index (κ2) is 3.35. The van der Waals surface area contributed by atoms with Crippen molar-refractivity contribution in [2.45, 2.75) is 25.9 Å². The van der Waals surface area contributed by atoms with Crippen molar-refractivity contribution in [1.82, 2.24) is 9.38 Å². The van der Waals surface area contributed by atoms with E-state index in [-0.39, 0.29) is 6.10 Å². The Morgan fingerprint density at radius 3 is 3.20 bits per heavy atom. The van der Waals surface area contributed by atoms with Gasteiger partial charge in [-0.1, -0.05) is 6.07 Å². The fourth-order valence-electron chi connectivity index (χ4n) is 2.14. The van der Waals surface area contributed by atoms with Gasteiger partial charge in [0.15, 0.2) is 0 Å². The van der Waals surface area contributed by atoms with Crippen LogP contribution in [-0.2, 0) is 4.74 Å². The van der Waals surface area contributed by atoms with E-state index in [9.17, 15) is 0 Å². The molecule has 3 nitrogen and oxygen atoms in total. The molecule has 78 valence electrons. The van der Waals surface area contributed by atoms with Gasteiger partial charge in [0.2, 0.25) is 0 Å². The van der Waals surface area contributed by atoms with Gasteiger partial charge in [0.05, 0.1) is 5.69 Å². The molecule has 3 rings (SSSR count). The van der Waals surface area contributed by atoms with Crippen LogP contribution in [0.5, 0.6) is 0 Å². The topological polar surface area (TPSA) is 26.5 Å². The molecule has 2 aromatic rings. The molecule has 0 spiro atoms. The van der Waals surface area contributed by atoms with Crippen LogP contribution >= 0.6 is 0 Å². The summed E-state index contributed by atoms with van der Waals surface area (Å²) in [6.07, 6.45) is 6.58. The van der Waals surface area contributed by atoms with Crippen LogP contribution in [0.2, 0.25) is 0 Å². The average molecular weight is 202 g/mol. The van der Waals surface area contributed by atoms with E-state index in [1.165, 1.54) is 5.56 Å². The highest BCUT2D eigenvalue weighted by Crippen LogP contribution is 2.28. The molecule has 3 heterocycles. The number of fused-ring (bicyclic) bond motifs is 1. The molecule has 0 bridgehead atoms. The zero-order valence-electron chi connectivity index (χ0n) is 8.81. The van der Waals surface area contributed by atoms with Crippen LogP contribution in [0.15, 0.2) is 24.5 Å². The Bertz CT molecular complexity index is 483. The third-order valence-electron chi connectivity index (χ3n) is 2.96. The van der Waals surface area contributed by atoms with Crippen LogP contribution in [0.25, 0.3) is 5.65 Å². The predicted octanol–water partition coefficient (Wildman–Crippen LogP) is 2.49. The van der Waals surface area contributed by atoms with Gasteiger partial charge in [0.25, 0.3) is 0 Å². The lowest BCUT2D eigenvalue weighted by molar-refractivity contribution is 0.109.